The van der Waals surface area contributed by atoms with Crippen LogP contribution in [0, 0.1) is 11.3 Å². The molecule has 1 aromatic rings. The van der Waals surface area contributed by atoms with Gasteiger partial charge in [-0.15, -0.1) is 0 Å². The second kappa shape index (κ2) is 6.03. The SMILES string of the molecule is COC(=O)[C@@H](NCc1ccc(C#N)o1)[C@@H](C)O. The Morgan fingerprint density at radius 2 is 2.41 bits per heavy atom. The Hall–Kier alpha value is -1.84. The fraction of sp³-hybridized carbons (Fsp3) is 0.455. The van der Waals surface area contributed by atoms with Crippen molar-refractivity contribution in [1.82, 2.24) is 5.32 Å². The molecule has 0 unspecified atom stereocenters. The van der Waals surface area contributed by atoms with E-state index in [-0.39, 0.29) is 12.3 Å². The Morgan fingerprint density at radius 1 is 1.71 bits per heavy atom. The molecule has 2 atom stereocenters. The zero-order chi connectivity index (χ0) is 12.8. The summed E-state index contributed by atoms with van der Waals surface area (Å²) in [6.45, 7) is 1.71. The number of ether oxygens (including phenoxy) is 1. The largest absolute Gasteiger partial charge is 0.468 e. The van der Waals surface area contributed by atoms with Crippen LogP contribution in [0.4, 0.5) is 0 Å². The molecule has 1 rings (SSSR count). The van der Waals surface area contributed by atoms with Crippen molar-refractivity contribution in [2.24, 2.45) is 0 Å². The molecule has 0 fully saturated rings. The van der Waals surface area contributed by atoms with Gasteiger partial charge in [-0.2, -0.15) is 5.26 Å². The third kappa shape index (κ3) is 3.59. The van der Waals surface area contributed by atoms with Crippen LogP contribution in [0.1, 0.15) is 18.4 Å². The first-order chi connectivity index (χ1) is 8.08. The predicted octanol–water partition coefficient (Wildman–Crippen LogP) is 0.163. The molecule has 2 N–H and O–H groups in total. The third-order valence-corrected chi connectivity index (χ3v) is 2.21. The molecule has 0 aliphatic heterocycles. The van der Waals surface area contributed by atoms with Crippen molar-refractivity contribution in [3.8, 4) is 6.07 Å². The summed E-state index contributed by atoms with van der Waals surface area (Å²) in [4.78, 5) is 11.3. The maximum atomic E-state index is 11.3. The number of rotatable bonds is 5. The van der Waals surface area contributed by atoms with Gasteiger partial charge in [-0.25, -0.2) is 0 Å². The van der Waals surface area contributed by atoms with E-state index >= 15 is 0 Å². The molecule has 17 heavy (non-hydrogen) atoms. The molecule has 6 heteroatoms. The first-order valence-electron chi connectivity index (χ1n) is 5.06. The Balaban J connectivity index is 2.58. The number of furan rings is 1. The summed E-state index contributed by atoms with van der Waals surface area (Å²) in [5.41, 5.74) is 0. The van der Waals surface area contributed by atoms with Gasteiger partial charge in [0.1, 0.15) is 17.9 Å². The maximum Gasteiger partial charge on any atom is 0.325 e. The first-order valence-corrected chi connectivity index (χ1v) is 5.06. The Bertz CT molecular complexity index is 419. The van der Waals surface area contributed by atoms with Gasteiger partial charge in [0.05, 0.1) is 19.8 Å². The van der Waals surface area contributed by atoms with Gasteiger partial charge in [0.15, 0.2) is 0 Å². The van der Waals surface area contributed by atoms with E-state index in [1.54, 1.807) is 6.07 Å². The van der Waals surface area contributed by atoms with Crippen LogP contribution in [0.3, 0.4) is 0 Å². The van der Waals surface area contributed by atoms with Crippen LogP contribution in [0.15, 0.2) is 16.5 Å². The van der Waals surface area contributed by atoms with E-state index in [2.05, 4.69) is 10.1 Å². The Morgan fingerprint density at radius 3 is 2.88 bits per heavy atom. The van der Waals surface area contributed by atoms with Crippen molar-refractivity contribution in [2.75, 3.05) is 7.11 Å². The monoisotopic (exact) mass is 238 g/mol. The average Bonchev–Trinajstić information content (AvgIpc) is 2.76. The highest BCUT2D eigenvalue weighted by Gasteiger charge is 2.24. The highest BCUT2D eigenvalue weighted by Crippen LogP contribution is 2.07. The number of aliphatic hydroxyl groups is 1. The molecule has 0 radical (unpaired) electrons. The standard InChI is InChI=1S/C11H14N2O4/c1-7(14)10(11(15)16-2)13-6-9-4-3-8(5-12)17-9/h3-4,7,10,13-14H,6H2,1-2H3/t7-,10+/m1/s1. The molecule has 92 valence electrons. The van der Waals surface area contributed by atoms with E-state index < -0.39 is 18.1 Å². The summed E-state index contributed by atoms with van der Waals surface area (Å²) >= 11 is 0. The van der Waals surface area contributed by atoms with Crippen LogP contribution in [0.5, 0.6) is 0 Å². The number of esters is 1. The summed E-state index contributed by atoms with van der Waals surface area (Å²) in [7, 11) is 1.25. The van der Waals surface area contributed by atoms with Crippen molar-refractivity contribution in [1.29, 1.82) is 5.26 Å². The molecule has 0 bridgehead atoms. The topological polar surface area (TPSA) is 95.5 Å². The van der Waals surface area contributed by atoms with Crippen molar-refractivity contribution in [2.45, 2.75) is 25.6 Å². The van der Waals surface area contributed by atoms with E-state index in [9.17, 15) is 9.90 Å². The van der Waals surface area contributed by atoms with Gasteiger partial charge >= 0.3 is 5.97 Å². The van der Waals surface area contributed by atoms with Gasteiger partial charge in [-0.1, -0.05) is 0 Å². The summed E-state index contributed by atoms with van der Waals surface area (Å²) < 4.78 is 9.66. The van der Waals surface area contributed by atoms with Crippen LogP contribution in [-0.2, 0) is 16.1 Å². The fourth-order valence-electron chi connectivity index (χ4n) is 1.32. The second-order valence-corrected chi connectivity index (χ2v) is 3.50. The lowest BCUT2D eigenvalue weighted by molar-refractivity contribution is -0.145. The summed E-state index contributed by atoms with van der Waals surface area (Å²) in [5.74, 6) is 0.164. The summed E-state index contributed by atoms with van der Waals surface area (Å²) in [5, 5.41) is 20.8. The van der Waals surface area contributed by atoms with E-state index in [1.807, 2.05) is 6.07 Å². The smallest absolute Gasteiger partial charge is 0.325 e. The van der Waals surface area contributed by atoms with Gasteiger partial charge in [0.2, 0.25) is 5.76 Å². The molecule has 0 saturated carbocycles. The van der Waals surface area contributed by atoms with E-state index in [0.29, 0.717) is 5.76 Å². The van der Waals surface area contributed by atoms with Crippen LogP contribution >= 0.6 is 0 Å². The molecule has 0 aliphatic rings. The minimum absolute atomic E-state index is 0.202. The molecule has 6 nitrogen and oxygen atoms in total. The molecule has 0 aliphatic carbocycles. The minimum atomic E-state index is -0.882. The first kappa shape index (κ1) is 13.2. The summed E-state index contributed by atoms with van der Waals surface area (Å²) in [6, 6.07) is 4.19. The molecule has 0 saturated heterocycles. The van der Waals surface area contributed by atoms with Crippen molar-refractivity contribution in [3.05, 3.63) is 23.7 Å². The average molecular weight is 238 g/mol. The number of nitriles is 1. The number of aliphatic hydroxyl groups excluding tert-OH is 1. The minimum Gasteiger partial charge on any atom is -0.468 e. The van der Waals surface area contributed by atoms with E-state index in [0.717, 1.165) is 0 Å². The lowest BCUT2D eigenvalue weighted by Crippen LogP contribution is -2.45. The number of carbonyl (C=O) groups is 1. The number of nitrogens with one attached hydrogen (secondary N) is 1. The third-order valence-electron chi connectivity index (χ3n) is 2.21. The molecular formula is C11H14N2O4. The van der Waals surface area contributed by atoms with Gasteiger partial charge in [0, 0.05) is 0 Å². The number of methoxy groups -OCH3 is 1. The molecule has 0 amide bonds. The lowest BCUT2D eigenvalue weighted by Gasteiger charge is -2.18. The maximum absolute atomic E-state index is 11.3. The second-order valence-electron chi connectivity index (χ2n) is 3.50. The number of nitrogens with zero attached hydrogens (tertiary/aromatic N) is 1. The van der Waals surface area contributed by atoms with Crippen LogP contribution in [0.25, 0.3) is 0 Å². The Labute approximate surface area is 98.8 Å². The number of carbonyl (C=O) groups excluding carboxylic acids is 1. The normalized spacial score (nSPS) is 13.8. The van der Waals surface area contributed by atoms with Crippen molar-refractivity contribution < 1.29 is 19.1 Å². The highest BCUT2D eigenvalue weighted by molar-refractivity contribution is 5.76. The number of hydrogen-bond donors (Lipinski definition) is 2. The predicted molar refractivity (Wildman–Crippen MR) is 57.7 cm³/mol. The molecule has 1 heterocycles. The lowest BCUT2D eigenvalue weighted by atomic mass is 10.2. The molecular weight excluding hydrogens is 224 g/mol. The van der Waals surface area contributed by atoms with Crippen molar-refractivity contribution in [3.63, 3.8) is 0 Å². The van der Waals surface area contributed by atoms with Crippen LogP contribution < -0.4 is 5.32 Å². The van der Waals surface area contributed by atoms with E-state index in [4.69, 9.17) is 9.68 Å². The zero-order valence-corrected chi connectivity index (χ0v) is 9.64. The van der Waals surface area contributed by atoms with Gasteiger partial charge < -0.3 is 14.3 Å². The van der Waals surface area contributed by atoms with Crippen LogP contribution in [-0.4, -0.2) is 30.3 Å². The quantitative estimate of drug-likeness (QED) is 0.709. The number of hydrogen-bond acceptors (Lipinski definition) is 6. The Kier molecular flexibility index (Phi) is 4.69. The molecule has 0 aromatic carbocycles. The zero-order valence-electron chi connectivity index (χ0n) is 9.64. The van der Waals surface area contributed by atoms with Crippen molar-refractivity contribution >= 4 is 5.97 Å². The van der Waals surface area contributed by atoms with Gasteiger partial charge in [-0.3, -0.25) is 10.1 Å². The van der Waals surface area contributed by atoms with Crippen LogP contribution in [0.2, 0.25) is 0 Å². The van der Waals surface area contributed by atoms with Gasteiger partial charge in [0.25, 0.3) is 0 Å². The molecule has 1 aromatic heterocycles. The molecule has 0 spiro atoms. The summed E-state index contributed by atoms with van der Waals surface area (Å²) in [6.07, 6.45) is -0.882. The van der Waals surface area contributed by atoms with Gasteiger partial charge in [-0.05, 0) is 19.1 Å². The highest BCUT2D eigenvalue weighted by atomic mass is 16.5. The van der Waals surface area contributed by atoms with E-state index in [1.165, 1.54) is 20.1 Å². The fourth-order valence-corrected chi connectivity index (χ4v) is 1.32.